The second-order valence-corrected chi connectivity index (χ2v) is 4.22. The molecule has 0 bridgehead atoms. The molecule has 1 unspecified atom stereocenters. The van der Waals surface area contributed by atoms with Gasteiger partial charge in [0.2, 0.25) is 0 Å². The number of pyridine rings is 1. The smallest absolute Gasteiger partial charge is 0.324 e. The summed E-state index contributed by atoms with van der Waals surface area (Å²) in [6.07, 6.45) is -3.62. The third-order valence-electron chi connectivity index (χ3n) is 2.78. The highest BCUT2D eigenvalue weighted by atomic mass is 19.4. The van der Waals surface area contributed by atoms with Crippen molar-refractivity contribution in [3.8, 4) is 0 Å². The predicted molar refractivity (Wildman–Crippen MR) is 64.0 cm³/mol. The molecule has 0 aliphatic carbocycles. The van der Waals surface area contributed by atoms with E-state index in [-0.39, 0.29) is 6.42 Å². The summed E-state index contributed by atoms with van der Waals surface area (Å²) in [6, 6.07) is 8.59. The van der Waals surface area contributed by atoms with E-state index in [4.69, 9.17) is 5.73 Å². The molecule has 0 saturated heterocycles. The highest BCUT2D eigenvalue weighted by Gasteiger charge is 2.27. The third kappa shape index (κ3) is 3.20. The number of hydrogen-bond acceptors (Lipinski definition) is 2. The number of rotatable bonds is 3. The van der Waals surface area contributed by atoms with Gasteiger partial charge in [-0.05, 0) is 24.1 Å². The zero-order chi connectivity index (χ0) is 13.2. The first-order chi connectivity index (χ1) is 8.46. The summed E-state index contributed by atoms with van der Waals surface area (Å²) in [7, 11) is 0. The number of aromatic nitrogens is 1. The molecule has 2 aromatic rings. The van der Waals surface area contributed by atoms with Gasteiger partial charge >= 0.3 is 6.18 Å². The van der Waals surface area contributed by atoms with E-state index < -0.39 is 18.6 Å². The standard InChI is InChI=1S/C13H13F3N2/c14-13(15,16)6-5-11(17)10-7-9-3-1-2-4-12(9)18-8-10/h1-4,7-8,11H,5-6,17H2. The van der Waals surface area contributed by atoms with E-state index in [9.17, 15) is 13.2 Å². The Hall–Kier alpha value is -1.62. The fourth-order valence-corrected chi connectivity index (χ4v) is 1.78. The Balaban J connectivity index is 2.15. The van der Waals surface area contributed by atoms with Crippen LogP contribution in [-0.4, -0.2) is 11.2 Å². The molecule has 5 heteroatoms. The van der Waals surface area contributed by atoms with Gasteiger partial charge in [-0.2, -0.15) is 13.2 Å². The summed E-state index contributed by atoms with van der Waals surface area (Å²) >= 11 is 0. The molecule has 0 aliphatic heterocycles. The predicted octanol–water partition coefficient (Wildman–Crippen LogP) is 3.58. The summed E-state index contributed by atoms with van der Waals surface area (Å²) in [6.45, 7) is 0. The molecule has 1 atom stereocenters. The van der Waals surface area contributed by atoms with Crippen molar-refractivity contribution < 1.29 is 13.2 Å². The zero-order valence-electron chi connectivity index (χ0n) is 9.61. The summed E-state index contributed by atoms with van der Waals surface area (Å²) < 4.78 is 36.3. The first-order valence-electron chi connectivity index (χ1n) is 5.63. The number of hydrogen-bond donors (Lipinski definition) is 1. The Labute approximate surface area is 103 Å². The van der Waals surface area contributed by atoms with Crippen molar-refractivity contribution in [2.24, 2.45) is 5.73 Å². The van der Waals surface area contributed by atoms with Crippen molar-refractivity contribution in [3.63, 3.8) is 0 Å². The molecule has 0 amide bonds. The van der Waals surface area contributed by atoms with E-state index in [1.165, 1.54) is 0 Å². The van der Waals surface area contributed by atoms with Crippen LogP contribution in [0.1, 0.15) is 24.4 Å². The van der Waals surface area contributed by atoms with E-state index in [0.29, 0.717) is 5.56 Å². The number of para-hydroxylation sites is 1. The van der Waals surface area contributed by atoms with Gasteiger partial charge in [-0.1, -0.05) is 18.2 Å². The number of benzene rings is 1. The molecule has 1 aromatic carbocycles. The minimum absolute atomic E-state index is 0.122. The lowest BCUT2D eigenvalue weighted by molar-refractivity contribution is -0.136. The Morgan fingerprint density at radius 2 is 1.94 bits per heavy atom. The van der Waals surface area contributed by atoms with Crippen molar-refractivity contribution in [2.45, 2.75) is 25.1 Å². The number of nitrogens with two attached hydrogens (primary N) is 1. The zero-order valence-corrected chi connectivity index (χ0v) is 9.61. The Kier molecular flexibility index (Phi) is 3.52. The Bertz CT molecular complexity index is 537. The largest absolute Gasteiger partial charge is 0.389 e. The summed E-state index contributed by atoms with van der Waals surface area (Å²) in [5.41, 5.74) is 7.20. The quantitative estimate of drug-likeness (QED) is 0.909. The first-order valence-corrected chi connectivity index (χ1v) is 5.63. The maximum atomic E-state index is 12.1. The fraction of sp³-hybridized carbons (Fsp3) is 0.308. The van der Waals surface area contributed by atoms with Crippen molar-refractivity contribution in [2.75, 3.05) is 0 Å². The van der Waals surface area contributed by atoms with Crippen LogP contribution >= 0.6 is 0 Å². The molecular weight excluding hydrogens is 241 g/mol. The minimum Gasteiger partial charge on any atom is -0.324 e. The number of alkyl halides is 3. The van der Waals surface area contributed by atoms with Crippen LogP contribution in [-0.2, 0) is 0 Å². The van der Waals surface area contributed by atoms with Crippen LogP contribution in [0.4, 0.5) is 13.2 Å². The van der Waals surface area contributed by atoms with Gasteiger partial charge in [-0.3, -0.25) is 4.98 Å². The molecule has 2 nitrogen and oxygen atoms in total. The van der Waals surface area contributed by atoms with Crippen molar-refractivity contribution in [1.82, 2.24) is 4.98 Å². The van der Waals surface area contributed by atoms with Crippen LogP contribution in [0.15, 0.2) is 36.5 Å². The monoisotopic (exact) mass is 254 g/mol. The molecule has 2 rings (SSSR count). The van der Waals surface area contributed by atoms with E-state index in [2.05, 4.69) is 4.98 Å². The van der Waals surface area contributed by atoms with Crippen molar-refractivity contribution in [1.29, 1.82) is 0 Å². The molecule has 1 aromatic heterocycles. The molecular formula is C13H13F3N2. The lowest BCUT2D eigenvalue weighted by atomic mass is 10.0. The van der Waals surface area contributed by atoms with Crippen molar-refractivity contribution >= 4 is 10.9 Å². The minimum atomic E-state index is -4.16. The van der Waals surface area contributed by atoms with Crippen LogP contribution in [0.2, 0.25) is 0 Å². The lowest BCUT2D eigenvalue weighted by Gasteiger charge is -2.13. The van der Waals surface area contributed by atoms with Crippen LogP contribution < -0.4 is 5.73 Å². The van der Waals surface area contributed by atoms with Gasteiger partial charge < -0.3 is 5.73 Å². The SMILES string of the molecule is NC(CCC(F)(F)F)c1cnc2ccccc2c1. The second kappa shape index (κ2) is 4.94. The maximum absolute atomic E-state index is 12.1. The summed E-state index contributed by atoms with van der Waals surface area (Å²) in [5.74, 6) is 0. The first kappa shape index (κ1) is 12.8. The van der Waals surface area contributed by atoms with E-state index in [0.717, 1.165) is 10.9 Å². The summed E-state index contributed by atoms with van der Waals surface area (Å²) in [4.78, 5) is 4.19. The second-order valence-electron chi connectivity index (χ2n) is 4.22. The molecule has 0 fully saturated rings. The average molecular weight is 254 g/mol. The van der Waals surface area contributed by atoms with E-state index in [1.54, 1.807) is 12.3 Å². The normalized spacial score (nSPS) is 13.8. The highest BCUT2D eigenvalue weighted by Crippen LogP contribution is 2.27. The van der Waals surface area contributed by atoms with Gasteiger partial charge in [0.15, 0.2) is 0 Å². The van der Waals surface area contributed by atoms with Crippen LogP contribution in [0.25, 0.3) is 10.9 Å². The van der Waals surface area contributed by atoms with E-state index >= 15 is 0 Å². The van der Waals surface area contributed by atoms with Gasteiger partial charge in [-0.15, -0.1) is 0 Å². The van der Waals surface area contributed by atoms with Crippen LogP contribution in [0.5, 0.6) is 0 Å². The van der Waals surface area contributed by atoms with Gasteiger partial charge in [-0.25, -0.2) is 0 Å². The molecule has 1 heterocycles. The maximum Gasteiger partial charge on any atom is 0.389 e. The Morgan fingerprint density at radius 1 is 1.22 bits per heavy atom. The lowest BCUT2D eigenvalue weighted by Crippen LogP contribution is -2.16. The number of halogens is 3. The molecule has 96 valence electrons. The molecule has 0 aliphatic rings. The van der Waals surface area contributed by atoms with E-state index in [1.807, 2.05) is 24.3 Å². The fourth-order valence-electron chi connectivity index (χ4n) is 1.78. The number of nitrogens with zero attached hydrogens (tertiary/aromatic N) is 1. The molecule has 0 saturated carbocycles. The summed E-state index contributed by atoms with van der Waals surface area (Å²) in [5, 5.41) is 0.887. The molecule has 0 radical (unpaired) electrons. The van der Waals surface area contributed by atoms with Gasteiger partial charge in [0, 0.05) is 24.0 Å². The molecule has 2 N–H and O–H groups in total. The van der Waals surface area contributed by atoms with Crippen molar-refractivity contribution in [3.05, 3.63) is 42.1 Å². The van der Waals surface area contributed by atoms with Crippen LogP contribution in [0.3, 0.4) is 0 Å². The number of fused-ring (bicyclic) bond motifs is 1. The highest BCUT2D eigenvalue weighted by molar-refractivity contribution is 5.78. The van der Waals surface area contributed by atoms with Gasteiger partial charge in [0.05, 0.1) is 5.52 Å². The molecule has 0 spiro atoms. The Morgan fingerprint density at radius 3 is 2.67 bits per heavy atom. The van der Waals surface area contributed by atoms with Gasteiger partial charge in [0.1, 0.15) is 0 Å². The molecule has 18 heavy (non-hydrogen) atoms. The van der Waals surface area contributed by atoms with Crippen LogP contribution in [0, 0.1) is 0 Å². The topological polar surface area (TPSA) is 38.9 Å². The van der Waals surface area contributed by atoms with Gasteiger partial charge in [0.25, 0.3) is 0 Å². The third-order valence-corrected chi connectivity index (χ3v) is 2.78. The average Bonchev–Trinajstić information content (AvgIpc) is 2.34.